The number of carbonyl (C=O) groups excluding carboxylic acids is 1. The first-order valence-corrected chi connectivity index (χ1v) is 8.25. The lowest BCUT2D eigenvalue weighted by Gasteiger charge is -2.14. The molecule has 0 fully saturated rings. The highest BCUT2D eigenvalue weighted by Gasteiger charge is 2.10. The van der Waals surface area contributed by atoms with E-state index in [9.17, 15) is 4.79 Å². The molecule has 112 valence electrons. The summed E-state index contributed by atoms with van der Waals surface area (Å²) in [5, 5.41) is 10.6. The maximum absolute atomic E-state index is 12.1. The van der Waals surface area contributed by atoms with Crippen LogP contribution in [0.15, 0.2) is 41.1 Å². The van der Waals surface area contributed by atoms with Crippen LogP contribution in [-0.4, -0.2) is 11.9 Å². The fourth-order valence-electron chi connectivity index (χ4n) is 2.19. The van der Waals surface area contributed by atoms with Gasteiger partial charge in [-0.1, -0.05) is 25.1 Å². The van der Waals surface area contributed by atoms with E-state index in [0.29, 0.717) is 6.42 Å². The molecule has 0 saturated carbocycles. The van der Waals surface area contributed by atoms with Crippen LogP contribution < -0.4 is 10.6 Å². The Morgan fingerprint density at radius 1 is 1.29 bits per heavy atom. The van der Waals surface area contributed by atoms with Crippen LogP contribution in [0.2, 0.25) is 0 Å². The third-order valence-corrected chi connectivity index (χ3v) is 4.13. The lowest BCUT2D eigenvalue weighted by Crippen LogP contribution is -2.30. The van der Waals surface area contributed by atoms with E-state index in [-0.39, 0.29) is 11.9 Å². The molecule has 2 N–H and O–H groups in total. The molecule has 0 aliphatic heterocycles. The Balaban J connectivity index is 1.80. The number of carbonyl (C=O) groups is 1. The van der Waals surface area contributed by atoms with Crippen molar-refractivity contribution in [2.75, 3.05) is 5.32 Å². The van der Waals surface area contributed by atoms with E-state index in [0.717, 1.165) is 18.7 Å². The second-order valence-electron chi connectivity index (χ2n) is 5.18. The van der Waals surface area contributed by atoms with Crippen molar-refractivity contribution in [1.29, 1.82) is 0 Å². The molecule has 0 aliphatic rings. The summed E-state index contributed by atoms with van der Waals surface area (Å²) in [7, 11) is 0. The first-order chi connectivity index (χ1) is 10.2. The minimum Gasteiger partial charge on any atom is -0.326 e. The molecule has 1 aromatic carbocycles. The van der Waals surface area contributed by atoms with E-state index in [1.54, 1.807) is 11.3 Å². The van der Waals surface area contributed by atoms with Crippen LogP contribution in [-0.2, 0) is 17.8 Å². The third-order valence-electron chi connectivity index (χ3n) is 3.40. The number of nitrogens with one attached hydrogen (secondary N) is 2. The predicted molar refractivity (Wildman–Crippen MR) is 89.7 cm³/mol. The smallest absolute Gasteiger partial charge is 0.225 e. The van der Waals surface area contributed by atoms with E-state index in [1.807, 2.05) is 31.2 Å². The molecule has 0 saturated heterocycles. The van der Waals surface area contributed by atoms with Gasteiger partial charge in [-0.2, -0.15) is 11.3 Å². The molecule has 0 spiro atoms. The zero-order chi connectivity index (χ0) is 15.1. The average molecular weight is 302 g/mol. The normalized spacial score (nSPS) is 12.1. The molecule has 21 heavy (non-hydrogen) atoms. The molecule has 2 rings (SSSR count). The van der Waals surface area contributed by atoms with E-state index in [1.165, 1.54) is 11.1 Å². The molecule has 1 unspecified atom stereocenters. The van der Waals surface area contributed by atoms with Gasteiger partial charge in [0.2, 0.25) is 5.91 Å². The first kappa shape index (κ1) is 15.7. The van der Waals surface area contributed by atoms with Crippen LogP contribution in [0.4, 0.5) is 5.69 Å². The van der Waals surface area contributed by atoms with Crippen LogP contribution >= 0.6 is 11.3 Å². The van der Waals surface area contributed by atoms with Gasteiger partial charge in [-0.15, -0.1) is 0 Å². The number of thiophene rings is 1. The van der Waals surface area contributed by atoms with Gasteiger partial charge in [0, 0.05) is 24.7 Å². The van der Waals surface area contributed by atoms with Gasteiger partial charge < -0.3 is 10.6 Å². The van der Waals surface area contributed by atoms with Crippen molar-refractivity contribution in [3.63, 3.8) is 0 Å². The van der Waals surface area contributed by atoms with E-state index in [4.69, 9.17) is 0 Å². The summed E-state index contributed by atoms with van der Waals surface area (Å²) >= 11 is 1.69. The summed E-state index contributed by atoms with van der Waals surface area (Å²) in [5.74, 6) is 0.0567. The topological polar surface area (TPSA) is 41.1 Å². The summed E-state index contributed by atoms with van der Waals surface area (Å²) in [5.41, 5.74) is 3.36. The van der Waals surface area contributed by atoms with Gasteiger partial charge in [0.25, 0.3) is 0 Å². The minimum atomic E-state index is 0.0567. The molecule has 0 bridgehead atoms. The van der Waals surface area contributed by atoms with Gasteiger partial charge in [-0.05, 0) is 47.4 Å². The summed E-state index contributed by atoms with van der Waals surface area (Å²) in [6, 6.07) is 10.2. The molecule has 0 aliphatic carbocycles. The fourth-order valence-corrected chi connectivity index (χ4v) is 2.86. The SMILES string of the molecule is CCc1ccccc1NC(=O)CC(C)NCc1ccsc1. The highest BCUT2D eigenvalue weighted by atomic mass is 32.1. The van der Waals surface area contributed by atoms with Crippen molar-refractivity contribution in [1.82, 2.24) is 5.32 Å². The van der Waals surface area contributed by atoms with Gasteiger partial charge in [0.1, 0.15) is 0 Å². The standard InChI is InChI=1S/C17H22N2OS/c1-3-15-6-4-5-7-16(15)19-17(20)10-13(2)18-11-14-8-9-21-12-14/h4-9,12-13,18H,3,10-11H2,1-2H3,(H,19,20). The number of benzene rings is 1. The van der Waals surface area contributed by atoms with Gasteiger partial charge in [-0.25, -0.2) is 0 Å². The quantitative estimate of drug-likeness (QED) is 0.816. The number of aryl methyl sites for hydroxylation is 1. The number of hydrogen-bond acceptors (Lipinski definition) is 3. The maximum atomic E-state index is 12.1. The van der Waals surface area contributed by atoms with Crippen LogP contribution in [0, 0.1) is 0 Å². The number of hydrogen-bond donors (Lipinski definition) is 2. The predicted octanol–water partition coefficient (Wildman–Crippen LogP) is 3.82. The molecule has 2 aromatic rings. The first-order valence-electron chi connectivity index (χ1n) is 7.31. The Bertz CT molecular complexity index is 566. The molecule has 0 radical (unpaired) electrons. The molecule has 1 atom stereocenters. The molecular formula is C17H22N2OS. The average Bonchev–Trinajstić information content (AvgIpc) is 2.99. The Morgan fingerprint density at radius 3 is 2.81 bits per heavy atom. The number of para-hydroxylation sites is 1. The van der Waals surface area contributed by atoms with Crippen molar-refractivity contribution >= 4 is 22.9 Å². The van der Waals surface area contributed by atoms with Crippen molar-refractivity contribution in [2.45, 2.75) is 39.3 Å². The molecule has 3 nitrogen and oxygen atoms in total. The van der Waals surface area contributed by atoms with Gasteiger partial charge in [-0.3, -0.25) is 4.79 Å². The second-order valence-corrected chi connectivity index (χ2v) is 5.96. The number of rotatable bonds is 7. The second kappa shape index (κ2) is 7.96. The van der Waals surface area contributed by atoms with Gasteiger partial charge in [0.15, 0.2) is 0 Å². The lowest BCUT2D eigenvalue weighted by molar-refractivity contribution is -0.116. The van der Waals surface area contributed by atoms with Gasteiger partial charge in [0.05, 0.1) is 0 Å². The van der Waals surface area contributed by atoms with Crippen molar-refractivity contribution in [3.05, 3.63) is 52.2 Å². The van der Waals surface area contributed by atoms with E-state index < -0.39 is 0 Å². The largest absolute Gasteiger partial charge is 0.326 e. The Hall–Kier alpha value is -1.65. The zero-order valence-corrected chi connectivity index (χ0v) is 13.4. The molecular weight excluding hydrogens is 280 g/mol. The van der Waals surface area contributed by atoms with Crippen molar-refractivity contribution in [2.24, 2.45) is 0 Å². The number of anilines is 1. The maximum Gasteiger partial charge on any atom is 0.225 e. The summed E-state index contributed by atoms with van der Waals surface area (Å²) in [6.07, 6.45) is 1.39. The highest BCUT2D eigenvalue weighted by molar-refractivity contribution is 7.07. The van der Waals surface area contributed by atoms with E-state index >= 15 is 0 Å². The fraction of sp³-hybridized carbons (Fsp3) is 0.353. The Labute approximate surface area is 130 Å². The van der Waals surface area contributed by atoms with Crippen LogP contribution in [0.5, 0.6) is 0 Å². The monoisotopic (exact) mass is 302 g/mol. The van der Waals surface area contributed by atoms with Gasteiger partial charge >= 0.3 is 0 Å². The van der Waals surface area contributed by atoms with Crippen LogP contribution in [0.3, 0.4) is 0 Å². The molecule has 1 amide bonds. The van der Waals surface area contributed by atoms with Crippen LogP contribution in [0.1, 0.15) is 31.4 Å². The molecule has 4 heteroatoms. The third kappa shape index (κ3) is 4.99. The summed E-state index contributed by atoms with van der Waals surface area (Å²) in [4.78, 5) is 12.1. The number of amides is 1. The zero-order valence-electron chi connectivity index (χ0n) is 12.6. The summed E-state index contributed by atoms with van der Waals surface area (Å²) < 4.78 is 0. The van der Waals surface area contributed by atoms with Crippen molar-refractivity contribution in [3.8, 4) is 0 Å². The summed E-state index contributed by atoms with van der Waals surface area (Å²) in [6.45, 7) is 4.94. The lowest BCUT2D eigenvalue weighted by atomic mass is 10.1. The Kier molecular flexibility index (Phi) is 5.96. The van der Waals surface area contributed by atoms with E-state index in [2.05, 4.69) is 34.4 Å². The molecule has 1 heterocycles. The molecule has 1 aromatic heterocycles. The highest BCUT2D eigenvalue weighted by Crippen LogP contribution is 2.15. The Morgan fingerprint density at radius 2 is 2.10 bits per heavy atom. The minimum absolute atomic E-state index is 0.0567. The van der Waals surface area contributed by atoms with Crippen LogP contribution in [0.25, 0.3) is 0 Å². The van der Waals surface area contributed by atoms with Crippen molar-refractivity contribution < 1.29 is 4.79 Å².